The van der Waals surface area contributed by atoms with Crippen LogP contribution in [0.2, 0.25) is 0 Å². The summed E-state index contributed by atoms with van der Waals surface area (Å²) in [4.78, 5) is 22.4. The van der Waals surface area contributed by atoms with E-state index in [1.54, 1.807) is 23.0 Å². The number of aromatic nitrogens is 4. The second-order valence-electron chi connectivity index (χ2n) is 4.15. The van der Waals surface area contributed by atoms with E-state index in [0.717, 1.165) is 18.5 Å². The molecule has 0 unspecified atom stereocenters. The van der Waals surface area contributed by atoms with Crippen molar-refractivity contribution in [3.05, 3.63) is 52.8 Å². The summed E-state index contributed by atoms with van der Waals surface area (Å²) < 4.78 is 1.75. The van der Waals surface area contributed by atoms with Crippen molar-refractivity contribution in [1.82, 2.24) is 19.5 Å². The quantitative estimate of drug-likeness (QED) is 0.611. The van der Waals surface area contributed by atoms with E-state index in [1.165, 1.54) is 6.33 Å². The molecule has 2 aromatic heterocycles. The number of imidazole rings is 1. The van der Waals surface area contributed by atoms with Gasteiger partial charge in [0.25, 0.3) is 5.56 Å². The molecular formula is C12H10BN4O2. The summed E-state index contributed by atoms with van der Waals surface area (Å²) in [5.41, 5.74) is 2.43. The smallest absolute Gasteiger partial charge is 0.326 e. The highest BCUT2D eigenvalue weighted by Crippen LogP contribution is 2.07. The molecular weight excluding hydrogens is 243 g/mol. The summed E-state index contributed by atoms with van der Waals surface area (Å²) in [5, 5.41) is 8.87. The average Bonchev–Trinajstić information content (AvgIpc) is 2.84. The zero-order chi connectivity index (χ0) is 13.2. The lowest BCUT2D eigenvalue weighted by atomic mass is 9.88. The number of hydrogen-bond donors (Lipinski definition) is 2. The molecule has 3 aromatic rings. The van der Waals surface area contributed by atoms with Crippen LogP contribution in [0.3, 0.4) is 0 Å². The first-order chi connectivity index (χ1) is 9.28. The van der Waals surface area contributed by atoms with E-state index in [2.05, 4.69) is 15.0 Å². The van der Waals surface area contributed by atoms with Crippen LogP contribution in [0.15, 0.2) is 41.7 Å². The van der Waals surface area contributed by atoms with Gasteiger partial charge in [-0.05, 0) is 5.56 Å². The van der Waals surface area contributed by atoms with E-state index >= 15 is 0 Å². The Kier molecular flexibility index (Phi) is 2.89. The third kappa shape index (κ3) is 2.15. The minimum Gasteiger partial charge on any atom is -0.450 e. The molecule has 0 fully saturated rings. The Bertz CT molecular complexity index is 763. The van der Waals surface area contributed by atoms with Gasteiger partial charge < -0.3 is 14.6 Å². The molecule has 0 aliphatic heterocycles. The first kappa shape index (κ1) is 11.7. The van der Waals surface area contributed by atoms with Crippen molar-refractivity contribution in [2.75, 3.05) is 0 Å². The van der Waals surface area contributed by atoms with Crippen LogP contribution in [-0.4, -0.2) is 32.0 Å². The van der Waals surface area contributed by atoms with Gasteiger partial charge in [0.15, 0.2) is 11.2 Å². The van der Waals surface area contributed by atoms with E-state index in [9.17, 15) is 4.79 Å². The molecule has 0 aliphatic rings. The van der Waals surface area contributed by atoms with Crippen molar-refractivity contribution >= 4 is 24.1 Å². The van der Waals surface area contributed by atoms with Crippen LogP contribution in [0.25, 0.3) is 11.2 Å². The Labute approximate surface area is 109 Å². The van der Waals surface area contributed by atoms with Crippen LogP contribution in [0, 0.1) is 0 Å². The van der Waals surface area contributed by atoms with Gasteiger partial charge in [-0.1, -0.05) is 29.7 Å². The molecule has 0 atom stereocenters. The fraction of sp³-hybridized carbons (Fsp3) is 0.0833. The summed E-state index contributed by atoms with van der Waals surface area (Å²) in [6.45, 7) is 0.525. The summed E-state index contributed by atoms with van der Waals surface area (Å²) >= 11 is 0. The third-order valence-corrected chi connectivity index (χ3v) is 2.90. The lowest BCUT2D eigenvalue weighted by molar-refractivity contribution is 0.615. The first-order valence-electron chi connectivity index (χ1n) is 5.73. The summed E-state index contributed by atoms with van der Waals surface area (Å²) in [6, 6.07) is 7.38. The Hall–Kier alpha value is -2.41. The topological polar surface area (TPSA) is 83.8 Å². The van der Waals surface area contributed by atoms with Gasteiger partial charge in [0.05, 0.1) is 12.7 Å². The van der Waals surface area contributed by atoms with Crippen LogP contribution in [0.4, 0.5) is 0 Å². The molecule has 0 spiro atoms. The molecule has 7 heteroatoms. The molecule has 1 aromatic carbocycles. The highest BCUT2D eigenvalue weighted by Gasteiger charge is 2.07. The number of fused-ring (bicyclic) bond motifs is 1. The molecule has 0 saturated heterocycles. The lowest BCUT2D eigenvalue weighted by Gasteiger charge is -2.04. The van der Waals surface area contributed by atoms with Crippen LogP contribution in [0.5, 0.6) is 0 Å². The van der Waals surface area contributed by atoms with Gasteiger partial charge in [0.1, 0.15) is 0 Å². The average molecular weight is 253 g/mol. The summed E-state index contributed by atoms with van der Waals surface area (Å²) in [6.07, 6.45) is 2.94. The lowest BCUT2D eigenvalue weighted by Crippen LogP contribution is -2.14. The van der Waals surface area contributed by atoms with Gasteiger partial charge in [0.2, 0.25) is 0 Å². The van der Waals surface area contributed by atoms with Crippen molar-refractivity contribution < 1.29 is 5.02 Å². The molecule has 3 rings (SSSR count). The SMILES string of the molecule is O=c1[nH]cnc2ncn(Cc3ccc([B]O)cc3)c12. The minimum absolute atomic E-state index is 0.206. The minimum atomic E-state index is -0.206. The molecule has 0 aliphatic carbocycles. The number of H-pyrrole nitrogens is 1. The van der Waals surface area contributed by atoms with E-state index in [-0.39, 0.29) is 5.56 Å². The summed E-state index contributed by atoms with van der Waals surface area (Å²) in [7, 11) is 1.05. The van der Waals surface area contributed by atoms with Crippen molar-refractivity contribution in [1.29, 1.82) is 0 Å². The second kappa shape index (κ2) is 4.70. The molecule has 0 bridgehead atoms. The number of hydrogen-bond acceptors (Lipinski definition) is 4. The van der Waals surface area contributed by atoms with Crippen LogP contribution >= 0.6 is 0 Å². The Morgan fingerprint density at radius 2 is 2.05 bits per heavy atom. The van der Waals surface area contributed by atoms with Crippen LogP contribution in [0.1, 0.15) is 5.56 Å². The highest BCUT2D eigenvalue weighted by atomic mass is 16.2. The van der Waals surface area contributed by atoms with Crippen LogP contribution in [-0.2, 0) is 6.54 Å². The van der Waals surface area contributed by atoms with Gasteiger partial charge in [-0.15, -0.1) is 0 Å². The number of aromatic amines is 1. The van der Waals surface area contributed by atoms with E-state index in [4.69, 9.17) is 5.02 Å². The Morgan fingerprint density at radius 3 is 2.79 bits per heavy atom. The van der Waals surface area contributed by atoms with Gasteiger partial charge >= 0.3 is 7.48 Å². The fourth-order valence-corrected chi connectivity index (χ4v) is 1.94. The third-order valence-electron chi connectivity index (χ3n) is 2.90. The number of nitrogens with zero attached hydrogens (tertiary/aromatic N) is 3. The monoisotopic (exact) mass is 253 g/mol. The molecule has 19 heavy (non-hydrogen) atoms. The highest BCUT2D eigenvalue weighted by molar-refractivity contribution is 6.45. The van der Waals surface area contributed by atoms with Gasteiger partial charge in [0, 0.05) is 6.54 Å². The van der Waals surface area contributed by atoms with Crippen molar-refractivity contribution in [2.45, 2.75) is 6.54 Å². The maximum Gasteiger partial charge on any atom is 0.326 e. The summed E-state index contributed by atoms with van der Waals surface area (Å²) in [5.74, 6) is 0. The van der Waals surface area contributed by atoms with Crippen LogP contribution < -0.4 is 11.0 Å². The van der Waals surface area contributed by atoms with E-state index in [0.29, 0.717) is 17.7 Å². The molecule has 0 amide bonds. The molecule has 0 saturated carbocycles. The zero-order valence-electron chi connectivity index (χ0n) is 9.95. The van der Waals surface area contributed by atoms with E-state index < -0.39 is 0 Å². The Balaban J connectivity index is 1.98. The first-order valence-corrected chi connectivity index (χ1v) is 5.73. The van der Waals surface area contributed by atoms with E-state index in [1.807, 2.05) is 12.1 Å². The molecule has 2 N–H and O–H groups in total. The van der Waals surface area contributed by atoms with Crippen molar-refractivity contribution in [2.24, 2.45) is 0 Å². The predicted octanol–water partition coefficient (Wildman–Crippen LogP) is -0.595. The van der Waals surface area contributed by atoms with Gasteiger partial charge in [-0.2, -0.15) is 0 Å². The normalized spacial score (nSPS) is 10.8. The molecule has 93 valence electrons. The maximum atomic E-state index is 11.8. The molecule has 1 radical (unpaired) electrons. The largest absolute Gasteiger partial charge is 0.450 e. The number of nitrogens with one attached hydrogen (secondary N) is 1. The fourth-order valence-electron chi connectivity index (χ4n) is 1.94. The zero-order valence-corrected chi connectivity index (χ0v) is 9.95. The van der Waals surface area contributed by atoms with Gasteiger partial charge in [-0.3, -0.25) is 4.79 Å². The number of rotatable bonds is 3. The maximum absolute atomic E-state index is 11.8. The predicted molar refractivity (Wildman–Crippen MR) is 71.3 cm³/mol. The second-order valence-corrected chi connectivity index (χ2v) is 4.15. The molecule has 6 nitrogen and oxygen atoms in total. The molecule has 2 heterocycles. The van der Waals surface area contributed by atoms with Crippen molar-refractivity contribution in [3.63, 3.8) is 0 Å². The standard InChI is InChI=1S/C12H10BN4O2/c18-12-10-11(14-6-15-12)16-7-17(10)5-8-1-3-9(13-19)4-2-8/h1-4,6-7,19H,5H2,(H,14,15,18). The Morgan fingerprint density at radius 1 is 1.26 bits per heavy atom. The van der Waals surface area contributed by atoms with Crippen molar-refractivity contribution in [3.8, 4) is 0 Å². The van der Waals surface area contributed by atoms with Gasteiger partial charge in [-0.25, -0.2) is 9.97 Å². The number of benzene rings is 1.